The maximum Gasteiger partial charge on any atom is 0.207 e. The van der Waals surface area contributed by atoms with Crippen molar-refractivity contribution in [3.63, 3.8) is 0 Å². The van der Waals surface area contributed by atoms with Crippen LogP contribution in [0, 0.1) is 0 Å². The lowest BCUT2D eigenvalue weighted by atomic mass is 9.97. The van der Waals surface area contributed by atoms with Gasteiger partial charge in [0.1, 0.15) is 0 Å². The molecule has 2 nitrogen and oxygen atoms in total. The highest BCUT2D eigenvalue weighted by atomic mass is 16.1. The Morgan fingerprint density at radius 2 is 2.08 bits per heavy atom. The van der Waals surface area contributed by atoms with Crippen molar-refractivity contribution in [2.45, 2.75) is 26.3 Å². The van der Waals surface area contributed by atoms with Crippen LogP contribution >= 0.6 is 0 Å². The van der Waals surface area contributed by atoms with Gasteiger partial charge in [0.25, 0.3) is 0 Å². The molecule has 0 spiro atoms. The molecule has 0 heterocycles. The minimum Gasteiger partial charge on any atom is -0.355 e. The highest BCUT2D eigenvalue weighted by Gasteiger charge is 2.03. The molecule has 1 aromatic rings. The van der Waals surface area contributed by atoms with Crippen LogP contribution in [-0.2, 0) is 11.3 Å². The number of hydrogen-bond donors (Lipinski definition) is 1. The number of hydrogen-bond acceptors (Lipinski definition) is 1. The number of rotatable bonds is 4. The molecule has 0 radical (unpaired) electrons. The lowest BCUT2D eigenvalue weighted by Gasteiger charge is -2.11. The van der Waals surface area contributed by atoms with Crippen LogP contribution in [0.5, 0.6) is 0 Å². The Bertz CT molecular complexity index is 281. The first-order valence-corrected chi connectivity index (χ1v) is 4.50. The van der Waals surface area contributed by atoms with Gasteiger partial charge in [0.15, 0.2) is 0 Å². The number of carbonyl (C=O) groups is 1. The number of benzene rings is 1. The Morgan fingerprint density at radius 3 is 2.69 bits per heavy atom. The van der Waals surface area contributed by atoms with Gasteiger partial charge in [-0.1, -0.05) is 38.1 Å². The average Bonchev–Trinajstić information content (AvgIpc) is 2.15. The maximum atomic E-state index is 10.1. The van der Waals surface area contributed by atoms with Gasteiger partial charge in [-0.3, -0.25) is 4.79 Å². The van der Waals surface area contributed by atoms with Crippen molar-refractivity contribution in [1.82, 2.24) is 5.32 Å². The van der Waals surface area contributed by atoms with Gasteiger partial charge in [0.05, 0.1) is 0 Å². The second-order valence-electron chi connectivity index (χ2n) is 3.35. The zero-order valence-electron chi connectivity index (χ0n) is 8.08. The Morgan fingerprint density at radius 1 is 1.38 bits per heavy atom. The topological polar surface area (TPSA) is 29.1 Å². The van der Waals surface area contributed by atoms with E-state index in [0.717, 1.165) is 6.41 Å². The molecule has 0 bridgehead atoms. The molecule has 0 fully saturated rings. The molecule has 13 heavy (non-hydrogen) atoms. The summed E-state index contributed by atoms with van der Waals surface area (Å²) >= 11 is 0. The first-order chi connectivity index (χ1) is 6.25. The maximum absolute atomic E-state index is 10.1. The van der Waals surface area contributed by atoms with Gasteiger partial charge in [-0.15, -0.1) is 0 Å². The second-order valence-corrected chi connectivity index (χ2v) is 3.35. The van der Waals surface area contributed by atoms with E-state index in [4.69, 9.17) is 0 Å². The predicted molar refractivity (Wildman–Crippen MR) is 53.4 cm³/mol. The lowest BCUT2D eigenvalue weighted by Crippen LogP contribution is -2.11. The molecule has 0 aliphatic carbocycles. The van der Waals surface area contributed by atoms with E-state index in [1.54, 1.807) is 0 Å². The van der Waals surface area contributed by atoms with Crippen LogP contribution < -0.4 is 5.32 Å². The minimum absolute atomic E-state index is 0.504. The third-order valence-corrected chi connectivity index (χ3v) is 2.05. The zero-order chi connectivity index (χ0) is 9.68. The largest absolute Gasteiger partial charge is 0.355 e. The van der Waals surface area contributed by atoms with Crippen molar-refractivity contribution in [1.29, 1.82) is 0 Å². The van der Waals surface area contributed by atoms with E-state index in [-0.39, 0.29) is 0 Å². The molecular weight excluding hydrogens is 162 g/mol. The van der Waals surface area contributed by atoms with Gasteiger partial charge in [0, 0.05) is 6.54 Å². The third kappa shape index (κ3) is 2.58. The molecule has 1 N–H and O–H groups in total. The van der Waals surface area contributed by atoms with Gasteiger partial charge in [0.2, 0.25) is 6.41 Å². The smallest absolute Gasteiger partial charge is 0.207 e. The number of amides is 1. The quantitative estimate of drug-likeness (QED) is 0.701. The fourth-order valence-corrected chi connectivity index (χ4v) is 1.41. The number of nitrogens with one attached hydrogen (secondary N) is 1. The van der Waals surface area contributed by atoms with Crippen LogP contribution in [0.15, 0.2) is 24.3 Å². The molecule has 1 amide bonds. The van der Waals surface area contributed by atoms with Crippen molar-refractivity contribution in [2.24, 2.45) is 0 Å². The summed E-state index contributed by atoms with van der Waals surface area (Å²) in [6.07, 6.45) is 0.733. The highest BCUT2D eigenvalue weighted by Crippen LogP contribution is 2.18. The normalized spacial score (nSPS) is 10.1. The molecular formula is C11H15NO. The third-order valence-electron chi connectivity index (χ3n) is 2.05. The van der Waals surface area contributed by atoms with Crippen molar-refractivity contribution >= 4 is 6.41 Å². The van der Waals surface area contributed by atoms with Crippen LogP contribution in [0.25, 0.3) is 0 Å². The second kappa shape index (κ2) is 4.65. The summed E-state index contributed by atoms with van der Waals surface area (Å²) in [6.45, 7) is 4.93. The fraction of sp³-hybridized carbons (Fsp3) is 0.364. The van der Waals surface area contributed by atoms with E-state index in [0.29, 0.717) is 12.5 Å². The molecule has 0 atom stereocenters. The summed E-state index contributed by atoms with van der Waals surface area (Å²) in [5, 5.41) is 2.68. The van der Waals surface area contributed by atoms with E-state index in [9.17, 15) is 4.79 Å². The van der Waals surface area contributed by atoms with E-state index >= 15 is 0 Å². The molecule has 0 aromatic heterocycles. The monoisotopic (exact) mass is 177 g/mol. The van der Waals surface area contributed by atoms with Gasteiger partial charge < -0.3 is 5.32 Å². The van der Waals surface area contributed by atoms with Crippen molar-refractivity contribution in [3.8, 4) is 0 Å². The number of carbonyl (C=O) groups excluding carboxylic acids is 1. The van der Waals surface area contributed by atoms with Gasteiger partial charge >= 0.3 is 0 Å². The first-order valence-electron chi connectivity index (χ1n) is 4.50. The van der Waals surface area contributed by atoms with Crippen LogP contribution in [0.1, 0.15) is 30.9 Å². The molecule has 0 saturated heterocycles. The van der Waals surface area contributed by atoms with E-state index < -0.39 is 0 Å². The molecule has 0 aliphatic rings. The Hall–Kier alpha value is -1.31. The Labute approximate surface area is 79.0 Å². The van der Waals surface area contributed by atoms with Crippen LogP contribution in [-0.4, -0.2) is 6.41 Å². The van der Waals surface area contributed by atoms with Crippen LogP contribution in [0.4, 0.5) is 0 Å². The van der Waals surface area contributed by atoms with Crippen molar-refractivity contribution < 1.29 is 4.79 Å². The van der Waals surface area contributed by atoms with Gasteiger partial charge in [-0.2, -0.15) is 0 Å². The predicted octanol–water partition coefficient (Wildman–Crippen LogP) is 2.06. The Kier molecular flexibility index (Phi) is 3.50. The molecule has 1 rings (SSSR count). The molecule has 0 unspecified atom stereocenters. The summed E-state index contributed by atoms with van der Waals surface area (Å²) in [7, 11) is 0. The summed E-state index contributed by atoms with van der Waals surface area (Å²) in [4.78, 5) is 10.1. The summed E-state index contributed by atoms with van der Waals surface area (Å²) in [5.41, 5.74) is 2.50. The van der Waals surface area contributed by atoms with Gasteiger partial charge in [-0.05, 0) is 17.0 Å². The lowest BCUT2D eigenvalue weighted by molar-refractivity contribution is -0.109. The molecule has 0 aliphatic heterocycles. The molecule has 1 aromatic carbocycles. The fourth-order valence-electron chi connectivity index (χ4n) is 1.41. The van der Waals surface area contributed by atoms with Gasteiger partial charge in [-0.25, -0.2) is 0 Å². The van der Waals surface area contributed by atoms with E-state index in [1.807, 2.05) is 18.2 Å². The highest BCUT2D eigenvalue weighted by molar-refractivity contribution is 5.46. The van der Waals surface area contributed by atoms with Crippen LogP contribution in [0.2, 0.25) is 0 Å². The van der Waals surface area contributed by atoms with E-state index in [2.05, 4.69) is 25.2 Å². The SMILES string of the molecule is CC(C)c1ccccc1CNC=O. The minimum atomic E-state index is 0.504. The zero-order valence-corrected chi connectivity index (χ0v) is 8.08. The van der Waals surface area contributed by atoms with Crippen molar-refractivity contribution in [2.75, 3.05) is 0 Å². The summed E-state index contributed by atoms with van der Waals surface area (Å²) in [6, 6.07) is 8.17. The molecule has 2 heteroatoms. The van der Waals surface area contributed by atoms with Crippen molar-refractivity contribution in [3.05, 3.63) is 35.4 Å². The molecule has 0 saturated carbocycles. The standard InChI is InChI=1S/C11H15NO/c1-9(2)11-6-4-3-5-10(11)7-12-8-13/h3-6,8-9H,7H2,1-2H3,(H,12,13). The first kappa shape index (κ1) is 9.78. The molecule has 70 valence electrons. The Balaban J connectivity index is 2.84. The average molecular weight is 177 g/mol. The summed E-state index contributed by atoms with van der Waals surface area (Å²) < 4.78 is 0. The van der Waals surface area contributed by atoms with Crippen LogP contribution in [0.3, 0.4) is 0 Å². The summed E-state index contributed by atoms with van der Waals surface area (Å²) in [5.74, 6) is 0.504. The van der Waals surface area contributed by atoms with E-state index in [1.165, 1.54) is 11.1 Å².